The zero-order chi connectivity index (χ0) is 20.5. The average molecular weight is 427 g/mol. The van der Waals surface area contributed by atoms with Crippen LogP contribution < -0.4 is 9.64 Å². The first-order chi connectivity index (χ1) is 14.0. The normalized spacial score (nSPS) is 15.2. The Morgan fingerprint density at radius 1 is 1.21 bits per heavy atom. The van der Waals surface area contributed by atoms with Crippen LogP contribution in [-0.4, -0.2) is 26.8 Å². The molecule has 0 fully saturated rings. The van der Waals surface area contributed by atoms with Gasteiger partial charge in [0.1, 0.15) is 0 Å². The molecule has 2 heterocycles. The molecule has 0 saturated carbocycles. The summed E-state index contributed by atoms with van der Waals surface area (Å²) in [6, 6.07) is 13.1. The van der Waals surface area contributed by atoms with E-state index in [1.807, 2.05) is 44.2 Å². The molecule has 148 valence electrons. The Kier molecular flexibility index (Phi) is 5.43. The highest BCUT2D eigenvalue weighted by Crippen LogP contribution is 2.43. The van der Waals surface area contributed by atoms with Crippen LogP contribution in [0.3, 0.4) is 0 Å². The summed E-state index contributed by atoms with van der Waals surface area (Å²) in [6.07, 6.45) is -0.705. The maximum absolute atomic E-state index is 12.7. The number of aromatic nitrogens is 3. The van der Waals surface area contributed by atoms with Gasteiger partial charge in [0.05, 0.1) is 5.69 Å². The molecule has 0 bridgehead atoms. The van der Waals surface area contributed by atoms with Crippen molar-refractivity contribution in [2.45, 2.75) is 32.2 Å². The monoisotopic (exact) mass is 426 g/mol. The summed E-state index contributed by atoms with van der Waals surface area (Å²) in [5.41, 5.74) is 3.81. The van der Waals surface area contributed by atoms with Gasteiger partial charge < -0.3 is 4.74 Å². The molecule has 0 N–H and O–H groups in total. The molecule has 0 radical (unpaired) electrons. The van der Waals surface area contributed by atoms with E-state index in [0.29, 0.717) is 27.4 Å². The third kappa shape index (κ3) is 3.80. The van der Waals surface area contributed by atoms with E-state index >= 15 is 0 Å². The van der Waals surface area contributed by atoms with Crippen LogP contribution in [0.15, 0.2) is 47.6 Å². The number of carbonyl (C=O) groups is 1. The third-order valence-electron chi connectivity index (χ3n) is 4.53. The van der Waals surface area contributed by atoms with Crippen molar-refractivity contribution >= 4 is 35.0 Å². The number of nitrogens with zero attached hydrogens (tertiary/aromatic N) is 4. The van der Waals surface area contributed by atoms with Gasteiger partial charge in [0.15, 0.2) is 5.69 Å². The number of hydrogen-bond donors (Lipinski definition) is 0. The SMILES string of the molecule is CCSc1nnc2c(n1)OC(c1ccc(Cl)cc1)N(C(C)=O)c1ccc(C)cc1-2. The van der Waals surface area contributed by atoms with E-state index in [-0.39, 0.29) is 5.91 Å². The maximum atomic E-state index is 12.7. The van der Waals surface area contributed by atoms with Crippen molar-refractivity contribution in [3.8, 4) is 17.1 Å². The minimum Gasteiger partial charge on any atom is -0.447 e. The average Bonchev–Trinajstić information content (AvgIpc) is 2.83. The topological polar surface area (TPSA) is 68.2 Å². The first-order valence-corrected chi connectivity index (χ1v) is 10.5. The number of benzene rings is 2. The molecular weight excluding hydrogens is 408 g/mol. The lowest BCUT2D eigenvalue weighted by Crippen LogP contribution is -2.36. The summed E-state index contributed by atoms with van der Waals surface area (Å²) in [5, 5.41) is 9.77. The molecule has 1 aromatic heterocycles. The van der Waals surface area contributed by atoms with Crippen molar-refractivity contribution < 1.29 is 9.53 Å². The number of carbonyl (C=O) groups excluding carboxylic acids is 1. The van der Waals surface area contributed by atoms with Crippen LogP contribution in [0.4, 0.5) is 5.69 Å². The van der Waals surface area contributed by atoms with E-state index in [4.69, 9.17) is 16.3 Å². The summed E-state index contributed by atoms with van der Waals surface area (Å²) in [5.74, 6) is 1.02. The molecule has 2 aromatic carbocycles. The number of rotatable bonds is 3. The van der Waals surface area contributed by atoms with Crippen LogP contribution >= 0.6 is 23.4 Å². The predicted octanol–water partition coefficient (Wildman–Crippen LogP) is 5.06. The molecule has 0 saturated heterocycles. The van der Waals surface area contributed by atoms with Gasteiger partial charge in [-0.2, -0.15) is 4.98 Å². The molecule has 1 aliphatic rings. The molecule has 3 aromatic rings. The molecule has 1 aliphatic heterocycles. The van der Waals surface area contributed by atoms with Gasteiger partial charge in [-0.25, -0.2) is 0 Å². The van der Waals surface area contributed by atoms with E-state index in [1.165, 1.54) is 18.7 Å². The second kappa shape index (κ2) is 8.00. The highest BCUT2D eigenvalue weighted by molar-refractivity contribution is 7.99. The van der Waals surface area contributed by atoms with Crippen LogP contribution in [0.1, 0.15) is 31.2 Å². The lowest BCUT2D eigenvalue weighted by Gasteiger charge is -2.30. The molecule has 1 amide bonds. The Morgan fingerprint density at radius 2 is 1.97 bits per heavy atom. The quantitative estimate of drug-likeness (QED) is 0.545. The van der Waals surface area contributed by atoms with E-state index in [2.05, 4.69) is 15.2 Å². The number of halogens is 1. The summed E-state index contributed by atoms with van der Waals surface area (Å²) < 4.78 is 6.30. The van der Waals surface area contributed by atoms with Gasteiger partial charge in [-0.15, -0.1) is 10.2 Å². The third-order valence-corrected chi connectivity index (χ3v) is 5.50. The first-order valence-electron chi connectivity index (χ1n) is 9.18. The number of fused-ring (bicyclic) bond motifs is 3. The number of amides is 1. The fourth-order valence-corrected chi connectivity index (χ4v) is 3.88. The highest BCUT2D eigenvalue weighted by Gasteiger charge is 2.34. The maximum Gasteiger partial charge on any atom is 0.247 e. The lowest BCUT2D eigenvalue weighted by molar-refractivity contribution is -0.118. The van der Waals surface area contributed by atoms with Gasteiger partial charge in [0.2, 0.25) is 23.2 Å². The van der Waals surface area contributed by atoms with E-state index in [9.17, 15) is 4.79 Å². The zero-order valence-electron chi connectivity index (χ0n) is 16.2. The summed E-state index contributed by atoms with van der Waals surface area (Å²) in [4.78, 5) is 18.9. The van der Waals surface area contributed by atoms with E-state index in [1.54, 1.807) is 17.0 Å². The Bertz CT molecular complexity index is 1070. The molecule has 0 spiro atoms. The smallest absolute Gasteiger partial charge is 0.247 e. The van der Waals surface area contributed by atoms with Crippen molar-refractivity contribution in [3.63, 3.8) is 0 Å². The lowest BCUT2D eigenvalue weighted by atomic mass is 10.0. The van der Waals surface area contributed by atoms with Crippen LogP contribution in [-0.2, 0) is 4.79 Å². The second-order valence-electron chi connectivity index (χ2n) is 6.61. The van der Waals surface area contributed by atoms with Crippen LogP contribution in [0.2, 0.25) is 5.02 Å². The molecule has 0 aliphatic carbocycles. The number of ether oxygens (including phenoxy) is 1. The molecule has 1 atom stereocenters. The van der Waals surface area contributed by atoms with Crippen LogP contribution in [0.5, 0.6) is 5.88 Å². The minimum absolute atomic E-state index is 0.154. The molecule has 1 unspecified atom stereocenters. The first kappa shape index (κ1) is 19.7. The zero-order valence-corrected chi connectivity index (χ0v) is 17.8. The van der Waals surface area contributed by atoms with Crippen molar-refractivity contribution in [2.75, 3.05) is 10.7 Å². The molecular formula is C21H19ClN4O2S. The van der Waals surface area contributed by atoms with Crippen molar-refractivity contribution in [1.82, 2.24) is 15.2 Å². The van der Waals surface area contributed by atoms with Crippen molar-refractivity contribution in [2.24, 2.45) is 0 Å². The molecule has 8 heteroatoms. The van der Waals surface area contributed by atoms with Gasteiger partial charge >= 0.3 is 0 Å². The Labute approximate surface area is 178 Å². The van der Waals surface area contributed by atoms with Gasteiger partial charge in [-0.1, -0.05) is 54.0 Å². The highest BCUT2D eigenvalue weighted by atomic mass is 35.5. The largest absolute Gasteiger partial charge is 0.447 e. The Morgan fingerprint density at radius 3 is 2.66 bits per heavy atom. The van der Waals surface area contributed by atoms with Crippen molar-refractivity contribution in [3.05, 3.63) is 58.6 Å². The number of thioether (sulfide) groups is 1. The fraction of sp³-hybridized carbons (Fsp3) is 0.238. The number of aryl methyl sites for hydroxylation is 1. The Balaban J connectivity index is 1.96. The van der Waals surface area contributed by atoms with Crippen LogP contribution in [0.25, 0.3) is 11.3 Å². The van der Waals surface area contributed by atoms with Gasteiger partial charge in [-0.3, -0.25) is 9.69 Å². The minimum atomic E-state index is -0.705. The van der Waals surface area contributed by atoms with Gasteiger partial charge in [0, 0.05) is 23.1 Å². The van der Waals surface area contributed by atoms with Crippen LogP contribution in [0, 0.1) is 6.92 Å². The Hall–Kier alpha value is -2.64. The predicted molar refractivity (Wildman–Crippen MR) is 114 cm³/mol. The van der Waals surface area contributed by atoms with E-state index in [0.717, 1.165) is 22.4 Å². The molecule has 4 rings (SSSR count). The summed E-state index contributed by atoms with van der Waals surface area (Å²) >= 11 is 7.54. The summed E-state index contributed by atoms with van der Waals surface area (Å²) in [7, 11) is 0. The van der Waals surface area contributed by atoms with E-state index < -0.39 is 6.23 Å². The molecule has 6 nitrogen and oxygen atoms in total. The standard InChI is InChI=1S/C21H19ClN4O2S/c1-4-29-21-23-19-18(24-25-21)16-11-12(2)5-10-17(16)26(13(3)27)20(28-19)14-6-8-15(22)9-7-14/h5-11,20H,4H2,1-3H3. The van der Waals surface area contributed by atoms with Gasteiger partial charge in [-0.05, 0) is 36.9 Å². The van der Waals surface area contributed by atoms with Gasteiger partial charge in [0.25, 0.3) is 0 Å². The second-order valence-corrected chi connectivity index (χ2v) is 8.28. The van der Waals surface area contributed by atoms with Crippen molar-refractivity contribution in [1.29, 1.82) is 0 Å². The number of hydrogen-bond acceptors (Lipinski definition) is 6. The fourth-order valence-electron chi connectivity index (χ4n) is 3.25. The molecule has 29 heavy (non-hydrogen) atoms. The summed E-state index contributed by atoms with van der Waals surface area (Å²) in [6.45, 7) is 5.53. The number of anilines is 1.